The Balaban J connectivity index is 2.72. The third-order valence-electron chi connectivity index (χ3n) is 1.48. The Hall–Kier alpha value is -2.24. The number of amides is 1. The highest BCUT2D eigenvalue weighted by Crippen LogP contribution is 2.06. The molecule has 15 heavy (non-hydrogen) atoms. The van der Waals surface area contributed by atoms with Gasteiger partial charge < -0.3 is 5.32 Å². The Morgan fingerprint density at radius 1 is 1.60 bits per heavy atom. The van der Waals surface area contributed by atoms with Crippen LogP contribution in [-0.2, 0) is 4.79 Å². The lowest BCUT2D eigenvalue weighted by Gasteiger charge is -1.99. The van der Waals surface area contributed by atoms with Crippen LogP contribution >= 0.6 is 0 Å². The predicted octanol–water partition coefficient (Wildman–Crippen LogP) is 1.29. The number of carbonyl (C=O) groups is 1. The Labute approximate surface area is 85.8 Å². The van der Waals surface area contributed by atoms with Gasteiger partial charge in [-0.3, -0.25) is 14.9 Å². The molecule has 1 amide bonds. The Morgan fingerprint density at radius 3 is 2.80 bits per heavy atom. The predicted molar refractivity (Wildman–Crippen MR) is 54.6 cm³/mol. The number of nitrogens with zero attached hydrogens (tertiary/aromatic N) is 2. The van der Waals surface area contributed by atoms with Crippen LogP contribution in [0.4, 0.5) is 5.82 Å². The second-order valence-corrected chi connectivity index (χ2v) is 2.76. The molecule has 1 rings (SSSR count). The van der Waals surface area contributed by atoms with Gasteiger partial charge in [0, 0.05) is 19.2 Å². The van der Waals surface area contributed by atoms with Gasteiger partial charge in [0.2, 0.25) is 12.1 Å². The summed E-state index contributed by atoms with van der Waals surface area (Å²) >= 11 is 0. The molecule has 0 aliphatic rings. The minimum Gasteiger partial charge on any atom is -0.311 e. The number of anilines is 1. The zero-order chi connectivity index (χ0) is 11.3. The van der Waals surface area contributed by atoms with Crippen molar-refractivity contribution in [1.29, 1.82) is 0 Å². The summed E-state index contributed by atoms with van der Waals surface area (Å²) < 4.78 is 0. The zero-order valence-corrected chi connectivity index (χ0v) is 8.01. The fourth-order valence-electron chi connectivity index (χ4n) is 0.905. The van der Waals surface area contributed by atoms with Crippen LogP contribution in [0.1, 0.15) is 12.5 Å². The molecule has 0 radical (unpaired) electrons. The first-order valence-electron chi connectivity index (χ1n) is 4.13. The quantitative estimate of drug-likeness (QED) is 0.597. The Bertz CT molecular complexity index is 398. The highest BCUT2D eigenvalue weighted by atomic mass is 16.6. The highest BCUT2D eigenvalue weighted by Gasteiger charge is 1.96. The summed E-state index contributed by atoms with van der Waals surface area (Å²) in [7, 11) is 0. The van der Waals surface area contributed by atoms with Crippen molar-refractivity contribution in [2.24, 2.45) is 0 Å². The third-order valence-corrected chi connectivity index (χ3v) is 1.48. The molecule has 0 spiro atoms. The normalized spacial score (nSPS) is 10.2. The van der Waals surface area contributed by atoms with Crippen LogP contribution in [0.3, 0.4) is 0 Å². The average molecular weight is 207 g/mol. The molecule has 0 fully saturated rings. The number of aromatic nitrogens is 1. The smallest absolute Gasteiger partial charge is 0.235 e. The first kappa shape index (κ1) is 10.8. The molecule has 78 valence electrons. The fourth-order valence-corrected chi connectivity index (χ4v) is 0.905. The second kappa shape index (κ2) is 4.85. The Kier molecular flexibility index (Phi) is 3.50. The maximum absolute atomic E-state index is 10.7. The van der Waals surface area contributed by atoms with E-state index in [0.29, 0.717) is 11.4 Å². The van der Waals surface area contributed by atoms with Gasteiger partial charge in [0.15, 0.2) is 0 Å². The van der Waals surface area contributed by atoms with Crippen molar-refractivity contribution in [1.82, 2.24) is 4.98 Å². The number of nitrogens with one attached hydrogen (secondary N) is 1. The second-order valence-electron chi connectivity index (χ2n) is 2.76. The molecule has 1 aromatic rings. The molecule has 6 nitrogen and oxygen atoms in total. The maximum atomic E-state index is 10.7. The van der Waals surface area contributed by atoms with Crippen molar-refractivity contribution >= 4 is 17.8 Å². The van der Waals surface area contributed by atoms with Crippen molar-refractivity contribution in [2.45, 2.75) is 6.92 Å². The van der Waals surface area contributed by atoms with E-state index in [1.54, 1.807) is 12.1 Å². The van der Waals surface area contributed by atoms with Crippen LogP contribution in [0.2, 0.25) is 0 Å². The van der Waals surface area contributed by atoms with E-state index in [0.717, 1.165) is 6.20 Å². The van der Waals surface area contributed by atoms with E-state index in [4.69, 9.17) is 0 Å². The number of pyridine rings is 1. The number of hydrogen-bond acceptors (Lipinski definition) is 4. The summed E-state index contributed by atoms with van der Waals surface area (Å²) in [4.78, 5) is 24.0. The van der Waals surface area contributed by atoms with Gasteiger partial charge in [-0.05, 0) is 17.7 Å². The molecule has 0 saturated carbocycles. The molecule has 0 aromatic carbocycles. The summed E-state index contributed by atoms with van der Waals surface area (Å²) in [6, 6.07) is 3.19. The van der Waals surface area contributed by atoms with Crippen LogP contribution in [0, 0.1) is 10.1 Å². The molecular weight excluding hydrogens is 198 g/mol. The molecule has 6 heteroatoms. The first-order chi connectivity index (χ1) is 7.08. The summed E-state index contributed by atoms with van der Waals surface area (Å²) in [5.41, 5.74) is 0.598. The molecule has 0 bridgehead atoms. The average Bonchev–Trinajstić information content (AvgIpc) is 2.16. The highest BCUT2D eigenvalue weighted by molar-refractivity contribution is 5.87. The van der Waals surface area contributed by atoms with Crippen LogP contribution in [0.5, 0.6) is 0 Å². The largest absolute Gasteiger partial charge is 0.311 e. The number of carbonyl (C=O) groups excluding carboxylic acids is 1. The van der Waals surface area contributed by atoms with E-state index in [9.17, 15) is 14.9 Å². The number of nitro groups is 1. The Morgan fingerprint density at radius 2 is 2.33 bits per heavy atom. The van der Waals surface area contributed by atoms with E-state index in [1.165, 1.54) is 19.2 Å². The number of hydrogen-bond donors (Lipinski definition) is 1. The third kappa shape index (κ3) is 3.99. The van der Waals surface area contributed by atoms with Crippen LogP contribution < -0.4 is 5.32 Å². The monoisotopic (exact) mass is 207 g/mol. The number of rotatable bonds is 3. The van der Waals surface area contributed by atoms with Gasteiger partial charge in [0.1, 0.15) is 5.82 Å². The van der Waals surface area contributed by atoms with Crippen LogP contribution in [0.25, 0.3) is 6.08 Å². The lowest BCUT2D eigenvalue weighted by molar-refractivity contribution is -0.400. The van der Waals surface area contributed by atoms with Gasteiger partial charge in [-0.2, -0.15) is 0 Å². The lowest BCUT2D eigenvalue weighted by Crippen LogP contribution is -2.06. The van der Waals surface area contributed by atoms with Crippen molar-refractivity contribution in [3.63, 3.8) is 0 Å². The first-order valence-corrected chi connectivity index (χ1v) is 4.13. The van der Waals surface area contributed by atoms with Crippen molar-refractivity contribution in [3.8, 4) is 0 Å². The van der Waals surface area contributed by atoms with E-state index >= 15 is 0 Å². The molecule has 0 unspecified atom stereocenters. The molecule has 1 heterocycles. The molecule has 1 aromatic heterocycles. The summed E-state index contributed by atoms with van der Waals surface area (Å²) in [6.07, 6.45) is 3.59. The van der Waals surface area contributed by atoms with Gasteiger partial charge in [-0.15, -0.1) is 0 Å². The van der Waals surface area contributed by atoms with Gasteiger partial charge in [0.05, 0.1) is 4.92 Å². The molecule has 0 aliphatic carbocycles. The summed E-state index contributed by atoms with van der Waals surface area (Å²) in [5.74, 6) is 0.205. The van der Waals surface area contributed by atoms with Gasteiger partial charge in [0.25, 0.3) is 0 Å². The van der Waals surface area contributed by atoms with E-state index in [-0.39, 0.29) is 5.91 Å². The summed E-state index contributed by atoms with van der Waals surface area (Å²) in [6.45, 7) is 1.38. The van der Waals surface area contributed by atoms with E-state index in [1.807, 2.05) is 0 Å². The molecular formula is C9H9N3O3. The lowest BCUT2D eigenvalue weighted by atomic mass is 10.3. The van der Waals surface area contributed by atoms with Crippen molar-refractivity contribution in [2.75, 3.05) is 5.32 Å². The zero-order valence-electron chi connectivity index (χ0n) is 8.01. The minimum absolute atomic E-state index is 0.212. The summed E-state index contributed by atoms with van der Waals surface area (Å²) in [5, 5.41) is 12.5. The fraction of sp³-hybridized carbons (Fsp3) is 0.111. The standard InChI is InChI=1S/C9H9N3O3/c1-7(13)11-9-3-2-8(6-10-9)4-5-12(14)15/h2-6H,1H3,(H,10,11,13)/b5-4+. The topological polar surface area (TPSA) is 85.1 Å². The van der Waals surface area contributed by atoms with E-state index < -0.39 is 4.92 Å². The minimum atomic E-state index is -0.554. The molecule has 1 N–H and O–H groups in total. The van der Waals surface area contributed by atoms with Crippen molar-refractivity contribution in [3.05, 3.63) is 40.2 Å². The van der Waals surface area contributed by atoms with Crippen LogP contribution in [-0.4, -0.2) is 15.8 Å². The molecule has 0 atom stereocenters. The van der Waals surface area contributed by atoms with Gasteiger partial charge in [-0.1, -0.05) is 0 Å². The maximum Gasteiger partial charge on any atom is 0.235 e. The van der Waals surface area contributed by atoms with Crippen molar-refractivity contribution < 1.29 is 9.72 Å². The molecule has 0 saturated heterocycles. The van der Waals surface area contributed by atoms with Crippen LogP contribution in [0.15, 0.2) is 24.5 Å². The SMILES string of the molecule is CC(=O)Nc1ccc(/C=C/[N+](=O)[O-])cn1. The van der Waals surface area contributed by atoms with Gasteiger partial charge >= 0.3 is 0 Å². The molecule has 0 aliphatic heterocycles. The van der Waals surface area contributed by atoms with E-state index in [2.05, 4.69) is 10.3 Å². The van der Waals surface area contributed by atoms with Gasteiger partial charge in [-0.25, -0.2) is 4.98 Å².